The largest absolute Gasteiger partial charge is 0.435 e. The normalized spacial score (nSPS) is 11.1. The minimum Gasteiger partial charge on any atom is -0.435 e. The van der Waals surface area contributed by atoms with Crippen LogP contribution in [0.2, 0.25) is 25.1 Å². The summed E-state index contributed by atoms with van der Waals surface area (Å²) in [4.78, 5) is 65.9. The molecular formula is C94H57Cl5N36OS. The van der Waals surface area contributed by atoms with Gasteiger partial charge in [0.05, 0.1) is 116 Å². The first-order valence-electron chi connectivity index (χ1n) is 40.7. The monoisotopic (exact) mass is 1910 g/mol. The van der Waals surface area contributed by atoms with Gasteiger partial charge in [0, 0.05) is 85.8 Å². The molecule has 37 nitrogen and oxygen atoms in total. The summed E-state index contributed by atoms with van der Waals surface area (Å²) < 4.78 is 10.2. The van der Waals surface area contributed by atoms with Crippen LogP contribution in [0.1, 0.15) is 28.5 Å². The maximum atomic E-state index is 9.37. The second-order valence-electron chi connectivity index (χ2n) is 30.2. The summed E-state index contributed by atoms with van der Waals surface area (Å²) in [5, 5.41) is 82.2. The molecule has 0 atom stereocenters. The third-order valence-corrected chi connectivity index (χ3v) is 23.9. The number of benzene rings is 9. The summed E-state index contributed by atoms with van der Waals surface area (Å²) in [7, 11) is 1.85. The molecule has 0 amide bonds. The molecule has 15 N–H and O–H groups in total. The number of anilines is 5. The predicted molar refractivity (Wildman–Crippen MR) is 525 cm³/mol. The molecule has 0 bridgehead atoms. The number of nitrogens with one attached hydrogen (secondary N) is 5. The van der Waals surface area contributed by atoms with Crippen LogP contribution in [0.3, 0.4) is 0 Å². The lowest BCUT2D eigenvalue weighted by Crippen LogP contribution is -2.08. The molecule has 24 rings (SSSR count). The van der Waals surface area contributed by atoms with Gasteiger partial charge in [-0.05, 0) is 122 Å². The number of hydrogen-bond acceptors (Lipinski definition) is 31. The third kappa shape index (κ3) is 16.8. The smallest absolute Gasteiger partial charge is 0.248 e. The predicted octanol–water partition coefficient (Wildman–Crippen LogP) is 19.1. The lowest BCUT2D eigenvalue weighted by atomic mass is 10.0. The van der Waals surface area contributed by atoms with E-state index in [1.807, 2.05) is 196 Å². The fourth-order valence-corrected chi connectivity index (χ4v) is 17.3. The number of oxazole rings is 1. The van der Waals surface area contributed by atoms with Crippen LogP contribution >= 0.6 is 69.3 Å². The SMILES string of the molecule is Cc1nc(-c2cc(Cl)c3ncccc3c2)c(-c2ccn(C)n2)nc1N.N#Cc1nc(-c2cc(Cl)c3[nH]ncc3c2)c(-c2nc3ccccc3[nH]2)nc1N.N#Cc1nc(-c2cc(Cl)c3[nH]ncc3c2)c(-c2nc3ccccc3o2)nc1N.N#Cc1nc(-c2cc(Cl)c3[nH]ncc3c2)c(-c2nc3ccccc3s2)nc1N.N#Cc1nc(-c2cc(Cl)c3[nH]ncc3c2)c(-n2cc3ccccc3n2)nc1N. The first-order valence-corrected chi connectivity index (χ1v) is 43.4. The van der Waals surface area contributed by atoms with Crippen LogP contribution in [0.25, 0.3) is 205 Å². The summed E-state index contributed by atoms with van der Waals surface area (Å²) in [6.45, 7) is 1.83. The lowest BCUT2D eigenvalue weighted by molar-refractivity contribution is 0.616. The number of aromatic amines is 5. The molecule has 0 radical (unpaired) electrons. The Kier molecular flexibility index (Phi) is 22.8. The zero-order valence-corrected chi connectivity index (χ0v) is 75.1. The number of nitrogen functional groups attached to an aromatic ring is 5. The van der Waals surface area contributed by atoms with Crippen molar-refractivity contribution in [1.82, 2.24) is 135 Å². The maximum Gasteiger partial charge on any atom is 0.248 e. The second-order valence-corrected chi connectivity index (χ2v) is 33.3. The maximum absolute atomic E-state index is 9.37. The molecular weight excluding hydrogens is 1860 g/mol. The molecule has 0 unspecified atom stereocenters. The Morgan fingerprint density at radius 2 is 0.839 bits per heavy atom. The zero-order chi connectivity index (χ0) is 94.6. The molecule has 43 heteroatoms. The van der Waals surface area contributed by atoms with Gasteiger partial charge in [-0.15, -0.1) is 11.3 Å². The average molecular weight is 1920 g/mol. The van der Waals surface area contributed by atoms with Gasteiger partial charge in [-0.2, -0.15) is 51.6 Å². The van der Waals surface area contributed by atoms with Crippen LogP contribution in [-0.4, -0.2) is 135 Å². The molecule has 0 saturated carbocycles. The number of aryl methyl sites for hydroxylation is 2. The molecule has 15 heterocycles. The molecule has 137 heavy (non-hydrogen) atoms. The van der Waals surface area contributed by atoms with Gasteiger partial charge in [0.25, 0.3) is 0 Å². The average Bonchev–Trinajstić information content (AvgIpc) is 1.69. The zero-order valence-electron chi connectivity index (χ0n) is 70.5. The van der Waals surface area contributed by atoms with E-state index < -0.39 is 0 Å². The Bertz CT molecular complexity index is 8180. The first-order chi connectivity index (χ1) is 66.6. The molecule has 9 aromatic carbocycles. The van der Waals surface area contributed by atoms with Crippen molar-refractivity contribution in [1.29, 1.82) is 21.0 Å². The summed E-state index contributed by atoms with van der Waals surface area (Å²) >= 11 is 33.5. The first kappa shape index (κ1) is 86.6. The van der Waals surface area contributed by atoms with Gasteiger partial charge in [-0.3, -0.25) is 30.1 Å². The summed E-state index contributed by atoms with van der Waals surface area (Å²) in [6, 6.07) is 62.4. The fourth-order valence-electron chi connectivity index (χ4n) is 15.0. The minimum atomic E-state index is -0.000933. The van der Waals surface area contributed by atoms with Gasteiger partial charge in [-0.25, -0.2) is 69.5 Å². The van der Waals surface area contributed by atoms with E-state index in [9.17, 15) is 21.0 Å². The Morgan fingerprint density at radius 1 is 0.387 bits per heavy atom. The van der Waals surface area contributed by atoms with Crippen LogP contribution in [0.15, 0.2) is 224 Å². The number of hydrogen-bond donors (Lipinski definition) is 10. The number of para-hydroxylation sites is 5. The minimum absolute atomic E-state index is 0.000933. The van der Waals surface area contributed by atoms with Crippen molar-refractivity contribution in [2.24, 2.45) is 7.05 Å². The van der Waals surface area contributed by atoms with E-state index in [1.54, 1.807) is 70.7 Å². The molecule has 660 valence electrons. The van der Waals surface area contributed by atoms with Crippen molar-refractivity contribution < 1.29 is 4.42 Å². The summed E-state index contributed by atoms with van der Waals surface area (Å²) in [5.74, 6) is 1.69. The van der Waals surface area contributed by atoms with Crippen molar-refractivity contribution >= 4 is 196 Å². The van der Waals surface area contributed by atoms with E-state index in [-0.39, 0.29) is 51.9 Å². The van der Waals surface area contributed by atoms with Crippen molar-refractivity contribution in [3.63, 3.8) is 0 Å². The highest BCUT2D eigenvalue weighted by molar-refractivity contribution is 7.21. The molecule has 0 aliphatic carbocycles. The number of imidazole rings is 1. The van der Waals surface area contributed by atoms with Crippen LogP contribution in [0.5, 0.6) is 0 Å². The lowest BCUT2D eigenvalue weighted by Gasteiger charge is -2.11. The Morgan fingerprint density at radius 3 is 1.38 bits per heavy atom. The van der Waals surface area contributed by atoms with Gasteiger partial charge in [0.15, 0.2) is 69.0 Å². The van der Waals surface area contributed by atoms with Gasteiger partial charge < -0.3 is 38.1 Å². The highest BCUT2D eigenvalue weighted by Gasteiger charge is 2.27. The van der Waals surface area contributed by atoms with Gasteiger partial charge in [0.1, 0.15) is 86.2 Å². The van der Waals surface area contributed by atoms with Crippen molar-refractivity contribution in [3.05, 3.63) is 273 Å². The van der Waals surface area contributed by atoms with Crippen LogP contribution in [0.4, 0.5) is 29.1 Å². The molecule has 0 aliphatic rings. The van der Waals surface area contributed by atoms with E-state index in [0.29, 0.717) is 149 Å². The van der Waals surface area contributed by atoms with Crippen LogP contribution in [-0.2, 0) is 7.05 Å². The third-order valence-electron chi connectivity index (χ3n) is 21.4. The number of thiazole rings is 1. The standard InChI is InChI=1S/2C19H11ClN8.C19H10ClN7O.C19H10ClN7S.C18H15ClN6/c20-13-6-11(5-12-8-23-26-16(12)13)17-19(25-18(22)15(7-21)24-17)28-9-10-3-1-2-4-14(10)27-28;20-11-6-9(5-10-8-23-28-15(10)11)16-17(27-18(22)14(7-21)24-16)19-25-12-3-1-2-4-13(12)26-19;2*20-11-6-9(5-10-8-23-27-15(10)11)16-17(26-18(22)13(7-21)24-16)19-25-12-3-1-2-4-14(12)28-19;1-10-18(20)23-17(14-5-7-25(2)24-14)16(22-10)12-8-11-4-3-6-21-15(11)13(19)9-12/h1-6,8-9H,(H2,22,25)(H,23,26);1-6,8H,(H2,22,27)(H,23,28)(H,25,26);2*1-6,8H,(H2,22,26)(H,23,27);3-9H,1-2H3,(H2,20,23). The number of halogens is 5. The number of aromatic nitrogens is 27. The van der Waals surface area contributed by atoms with E-state index in [2.05, 4.69) is 126 Å². The summed E-state index contributed by atoms with van der Waals surface area (Å²) in [5.41, 5.74) is 47.4. The Hall–Kier alpha value is -18.4. The van der Waals surface area contributed by atoms with Crippen LogP contribution in [0, 0.1) is 52.2 Å². The highest BCUT2D eigenvalue weighted by Crippen LogP contribution is 2.43. The second kappa shape index (κ2) is 36.0. The number of nitrogens with two attached hydrogens (primary N) is 5. The molecule has 0 aliphatic heterocycles. The van der Waals surface area contributed by atoms with Gasteiger partial charge >= 0.3 is 0 Å². The molecule has 24 aromatic rings. The van der Waals surface area contributed by atoms with Crippen molar-refractivity contribution in [2.75, 3.05) is 28.7 Å². The molecule has 0 spiro atoms. The number of fused-ring (bicyclic) bond motifs is 9. The number of nitriles is 4. The highest BCUT2D eigenvalue weighted by atomic mass is 35.5. The van der Waals surface area contributed by atoms with E-state index in [0.717, 1.165) is 86.7 Å². The van der Waals surface area contributed by atoms with Crippen molar-refractivity contribution in [3.8, 4) is 132 Å². The van der Waals surface area contributed by atoms with Crippen LogP contribution < -0.4 is 28.7 Å². The number of nitrogens with zero attached hydrogens (tertiary/aromatic N) is 26. The molecule has 0 fully saturated rings. The number of H-pyrrole nitrogens is 5. The topological polar surface area (TPSA) is 585 Å². The molecule has 15 aromatic heterocycles. The quantitative estimate of drug-likeness (QED) is 0.0608. The number of pyridine rings is 1. The number of rotatable bonds is 10. The van der Waals surface area contributed by atoms with Crippen molar-refractivity contribution in [2.45, 2.75) is 6.92 Å². The van der Waals surface area contributed by atoms with E-state index in [1.165, 1.54) is 11.3 Å². The summed E-state index contributed by atoms with van der Waals surface area (Å²) in [6.07, 6.45) is 12.1. The van der Waals surface area contributed by atoms with E-state index >= 15 is 0 Å². The molecule has 0 saturated heterocycles. The van der Waals surface area contributed by atoms with Gasteiger partial charge in [-0.1, -0.05) is 119 Å². The Labute approximate surface area is 798 Å². The Balaban J connectivity index is 0.000000106. The fraction of sp³-hybridized carbons (Fsp3) is 0.0213. The van der Waals surface area contributed by atoms with E-state index in [4.69, 9.17) is 91.1 Å². The van der Waals surface area contributed by atoms with Gasteiger partial charge in [0.2, 0.25) is 5.89 Å².